The Bertz CT molecular complexity index is 993. The van der Waals surface area contributed by atoms with Crippen LogP contribution in [0.4, 0.5) is 8.78 Å². The number of nitrogens with zero attached hydrogens (tertiary/aromatic N) is 1. The van der Waals surface area contributed by atoms with Crippen molar-refractivity contribution in [2.45, 2.75) is 11.8 Å². The summed E-state index contributed by atoms with van der Waals surface area (Å²) in [5, 5.41) is 2.06. The number of benzene rings is 1. The second kappa shape index (κ2) is 5.75. The first-order valence-electron chi connectivity index (χ1n) is 6.70. The van der Waals surface area contributed by atoms with Crippen LogP contribution in [0.5, 0.6) is 0 Å². The number of thiazole rings is 1. The molecule has 1 aliphatic heterocycles. The first kappa shape index (κ1) is 16.7. The second-order valence-corrected chi connectivity index (χ2v) is 8.10. The standard InChI is InChI=1S/C15H11F2NO4S2/c1-7-6-23-14(18-7)13-9(5-22-15(13)19)8-3-11(17)12(4-10(8)16)24(2,20)21/h3-4,6H,5H2,1-2H3. The molecule has 0 spiro atoms. The van der Waals surface area contributed by atoms with E-state index in [2.05, 4.69) is 4.98 Å². The summed E-state index contributed by atoms with van der Waals surface area (Å²) in [6.07, 6.45) is 0.787. The molecular formula is C15H11F2NO4S2. The molecule has 9 heteroatoms. The van der Waals surface area contributed by atoms with Gasteiger partial charge in [0.25, 0.3) is 0 Å². The zero-order chi connectivity index (χ0) is 17.6. The van der Waals surface area contributed by atoms with E-state index in [9.17, 15) is 22.0 Å². The van der Waals surface area contributed by atoms with Gasteiger partial charge in [0, 0.05) is 28.5 Å². The summed E-state index contributed by atoms with van der Waals surface area (Å²) < 4.78 is 56.4. The number of rotatable bonds is 3. The Balaban J connectivity index is 2.22. The van der Waals surface area contributed by atoms with Gasteiger partial charge in [-0.1, -0.05) is 0 Å². The van der Waals surface area contributed by atoms with Gasteiger partial charge in [0.1, 0.15) is 33.7 Å². The number of aromatic nitrogens is 1. The number of hydrogen-bond acceptors (Lipinski definition) is 6. The number of halogens is 2. The molecule has 0 fully saturated rings. The van der Waals surface area contributed by atoms with Crippen LogP contribution in [0.25, 0.3) is 11.1 Å². The number of cyclic esters (lactones) is 1. The van der Waals surface area contributed by atoms with Crippen LogP contribution in [0.3, 0.4) is 0 Å². The smallest absolute Gasteiger partial charge is 0.341 e. The highest BCUT2D eigenvalue weighted by Crippen LogP contribution is 2.36. The van der Waals surface area contributed by atoms with Gasteiger partial charge in [-0.15, -0.1) is 11.3 Å². The molecule has 3 rings (SSSR count). The van der Waals surface area contributed by atoms with Crippen LogP contribution in [0, 0.1) is 18.6 Å². The van der Waals surface area contributed by atoms with Crippen molar-refractivity contribution in [3.05, 3.63) is 45.4 Å². The topological polar surface area (TPSA) is 73.3 Å². The summed E-state index contributed by atoms with van der Waals surface area (Å²) in [6.45, 7) is 1.50. The molecule has 2 aromatic rings. The fraction of sp³-hybridized carbons (Fsp3) is 0.200. The van der Waals surface area contributed by atoms with E-state index in [4.69, 9.17) is 4.74 Å². The first-order chi connectivity index (χ1) is 11.2. The fourth-order valence-electron chi connectivity index (χ4n) is 2.35. The van der Waals surface area contributed by atoms with Gasteiger partial charge in [-0.05, 0) is 19.1 Å². The number of aryl methyl sites for hydroxylation is 1. The highest BCUT2D eigenvalue weighted by molar-refractivity contribution is 7.90. The SMILES string of the molecule is Cc1csc(C2=C(c3cc(F)c(S(C)(=O)=O)cc3F)COC2=O)n1. The van der Waals surface area contributed by atoms with Crippen molar-refractivity contribution in [1.82, 2.24) is 4.98 Å². The third-order valence-electron chi connectivity index (χ3n) is 3.43. The summed E-state index contributed by atoms with van der Waals surface area (Å²) >= 11 is 1.18. The van der Waals surface area contributed by atoms with E-state index in [1.165, 1.54) is 11.3 Å². The molecule has 0 N–H and O–H groups in total. The summed E-state index contributed by atoms with van der Waals surface area (Å²) in [4.78, 5) is 15.4. The zero-order valence-electron chi connectivity index (χ0n) is 12.6. The van der Waals surface area contributed by atoms with E-state index < -0.39 is 32.3 Å². The molecule has 0 amide bonds. The second-order valence-electron chi connectivity index (χ2n) is 5.26. The molecule has 0 unspecified atom stereocenters. The van der Waals surface area contributed by atoms with E-state index >= 15 is 0 Å². The van der Waals surface area contributed by atoms with Crippen molar-refractivity contribution in [2.75, 3.05) is 12.9 Å². The number of carbonyl (C=O) groups excluding carboxylic acids is 1. The van der Waals surface area contributed by atoms with E-state index in [0.29, 0.717) is 16.8 Å². The normalized spacial score (nSPS) is 15.1. The van der Waals surface area contributed by atoms with E-state index in [1.54, 1.807) is 12.3 Å². The van der Waals surface area contributed by atoms with Crippen molar-refractivity contribution in [3.63, 3.8) is 0 Å². The molecule has 0 aliphatic carbocycles. The van der Waals surface area contributed by atoms with Crippen molar-refractivity contribution in [3.8, 4) is 0 Å². The lowest BCUT2D eigenvalue weighted by molar-refractivity contribution is -0.133. The quantitative estimate of drug-likeness (QED) is 0.776. The lowest BCUT2D eigenvalue weighted by Gasteiger charge is -2.08. The molecule has 0 bridgehead atoms. The maximum atomic E-state index is 14.4. The molecule has 5 nitrogen and oxygen atoms in total. The molecule has 1 aromatic carbocycles. The number of sulfone groups is 1. The molecular weight excluding hydrogens is 360 g/mol. The highest BCUT2D eigenvalue weighted by atomic mass is 32.2. The lowest BCUT2D eigenvalue weighted by Crippen LogP contribution is -2.04. The Morgan fingerprint density at radius 1 is 1.25 bits per heavy atom. The Kier molecular flexibility index (Phi) is 4.00. The van der Waals surface area contributed by atoms with Gasteiger partial charge in [-0.25, -0.2) is 27.0 Å². The number of ether oxygens (including phenoxy) is 1. The van der Waals surface area contributed by atoms with Crippen molar-refractivity contribution < 1.29 is 26.7 Å². The third kappa shape index (κ3) is 2.84. The number of carbonyl (C=O) groups is 1. The maximum Gasteiger partial charge on any atom is 0.341 e. The molecule has 1 aromatic heterocycles. The first-order valence-corrected chi connectivity index (χ1v) is 9.48. The predicted molar refractivity (Wildman–Crippen MR) is 84.1 cm³/mol. The molecule has 126 valence electrons. The minimum absolute atomic E-state index is 0.0681. The Labute approximate surface area is 140 Å². The molecule has 0 saturated heterocycles. The van der Waals surface area contributed by atoms with Crippen LogP contribution >= 0.6 is 11.3 Å². The van der Waals surface area contributed by atoms with Crippen LogP contribution < -0.4 is 0 Å². The van der Waals surface area contributed by atoms with E-state index in [1.807, 2.05) is 0 Å². The van der Waals surface area contributed by atoms with Crippen molar-refractivity contribution >= 4 is 38.3 Å². The largest absolute Gasteiger partial charge is 0.457 e. The van der Waals surface area contributed by atoms with Crippen LogP contribution in [0.1, 0.15) is 16.3 Å². The van der Waals surface area contributed by atoms with Gasteiger partial charge in [0.2, 0.25) is 0 Å². The fourth-order valence-corrected chi connectivity index (χ4v) is 3.93. The van der Waals surface area contributed by atoms with Gasteiger partial charge in [-0.2, -0.15) is 0 Å². The van der Waals surface area contributed by atoms with Crippen LogP contribution in [-0.4, -0.2) is 32.2 Å². The van der Waals surface area contributed by atoms with Gasteiger partial charge in [0.15, 0.2) is 9.84 Å². The Hall–Kier alpha value is -2.13. The van der Waals surface area contributed by atoms with E-state index in [-0.39, 0.29) is 23.3 Å². The average molecular weight is 371 g/mol. The lowest BCUT2D eigenvalue weighted by atomic mass is 10.0. The van der Waals surface area contributed by atoms with Crippen molar-refractivity contribution in [1.29, 1.82) is 0 Å². The number of esters is 1. The van der Waals surface area contributed by atoms with Gasteiger partial charge in [-0.3, -0.25) is 0 Å². The molecule has 0 radical (unpaired) electrons. The average Bonchev–Trinajstić information content (AvgIpc) is 3.05. The number of hydrogen-bond donors (Lipinski definition) is 0. The summed E-state index contributed by atoms with van der Waals surface area (Å²) in [5.41, 5.74) is 0.679. The molecule has 24 heavy (non-hydrogen) atoms. The van der Waals surface area contributed by atoms with Crippen molar-refractivity contribution in [2.24, 2.45) is 0 Å². The van der Waals surface area contributed by atoms with Gasteiger partial charge < -0.3 is 4.74 Å². The van der Waals surface area contributed by atoms with Crippen LogP contribution in [0.15, 0.2) is 22.4 Å². The highest BCUT2D eigenvalue weighted by Gasteiger charge is 2.31. The molecule has 1 aliphatic rings. The molecule has 0 atom stereocenters. The van der Waals surface area contributed by atoms with E-state index in [0.717, 1.165) is 12.3 Å². The molecule has 2 heterocycles. The van der Waals surface area contributed by atoms with Gasteiger partial charge in [0.05, 0.1) is 0 Å². The zero-order valence-corrected chi connectivity index (χ0v) is 14.2. The summed E-state index contributed by atoms with van der Waals surface area (Å²) in [5.74, 6) is -2.71. The summed E-state index contributed by atoms with van der Waals surface area (Å²) in [6, 6.07) is 1.38. The monoisotopic (exact) mass is 371 g/mol. The maximum absolute atomic E-state index is 14.4. The van der Waals surface area contributed by atoms with Crippen LogP contribution in [-0.2, 0) is 19.4 Å². The minimum Gasteiger partial charge on any atom is -0.457 e. The minimum atomic E-state index is -3.91. The Morgan fingerprint density at radius 2 is 1.96 bits per heavy atom. The van der Waals surface area contributed by atoms with Crippen LogP contribution in [0.2, 0.25) is 0 Å². The predicted octanol–water partition coefficient (Wildman–Crippen LogP) is 2.60. The van der Waals surface area contributed by atoms with Gasteiger partial charge >= 0.3 is 5.97 Å². The summed E-state index contributed by atoms with van der Waals surface area (Å²) in [7, 11) is -3.91. The molecule has 0 saturated carbocycles. The Morgan fingerprint density at radius 3 is 2.54 bits per heavy atom. The third-order valence-corrected chi connectivity index (χ3v) is 5.52.